The SMILES string of the molecule is NC(=NCc1ccc(C(F)(F)F)cc1)/N=C(\N)N1CCCC1. The smallest absolute Gasteiger partial charge is 0.369 e. The summed E-state index contributed by atoms with van der Waals surface area (Å²) in [6, 6.07) is 4.77. The normalized spacial score (nSPS) is 17.1. The van der Waals surface area contributed by atoms with E-state index in [-0.39, 0.29) is 12.5 Å². The van der Waals surface area contributed by atoms with E-state index in [1.54, 1.807) is 0 Å². The molecule has 2 rings (SSSR count). The summed E-state index contributed by atoms with van der Waals surface area (Å²) in [4.78, 5) is 9.93. The molecule has 8 heteroatoms. The molecule has 0 saturated carbocycles. The molecule has 0 bridgehead atoms. The second kappa shape index (κ2) is 6.67. The summed E-state index contributed by atoms with van der Waals surface area (Å²) < 4.78 is 37.3. The minimum absolute atomic E-state index is 0.0179. The van der Waals surface area contributed by atoms with Gasteiger partial charge in [-0.2, -0.15) is 18.2 Å². The third-order valence-electron chi connectivity index (χ3n) is 3.36. The predicted octanol–water partition coefficient (Wildman–Crippen LogP) is 1.93. The van der Waals surface area contributed by atoms with Crippen LogP contribution in [-0.2, 0) is 12.7 Å². The second-order valence-electron chi connectivity index (χ2n) is 5.03. The van der Waals surface area contributed by atoms with E-state index < -0.39 is 11.7 Å². The van der Waals surface area contributed by atoms with Gasteiger partial charge in [0.05, 0.1) is 12.1 Å². The van der Waals surface area contributed by atoms with E-state index in [2.05, 4.69) is 9.98 Å². The summed E-state index contributed by atoms with van der Waals surface area (Å²) in [5.41, 5.74) is 11.4. The van der Waals surface area contributed by atoms with Crippen LogP contribution in [0.5, 0.6) is 0 Å². The molecule has 22 heavy (non-hydrogen) atoms. The van der Waals surface area contributed by atoms with Gasteiger partial charge < -0.3 is 16.4 Å². The van der Waals surface area contributed by atoms with Gasteiger partial charge >= 0.3 is 6.18 Å². The van der Waals surface area contributed by atoms with Crippen LogP contribution in [0, 0.1) is 0 Å². The van der Waals surface area contributed by atoms with E-state index in [1.807, 2.05) is 4.90 Å². The summed E-state index contributed by atoms with van der Waals surface area (Å²) in [7, 11) is 0. The van der Waals surface area contributed by atoms with Crippen molar-refractivity contribution in [3.8, 4) is 0 Å². The van der Waals surface area contributed by atoms with E-state index in [9.17, 15) is 13.2 Å². The minimum atomic E-state index is -4.34. The number of likely N-dealkylation sites (tertiary alicyclic amines) is 1. The lowest BCUT2D eigenvalue weighted by molar-refractivity contribution is -0.137. The lowest BCUT2D eigenvalue weighted by Gasteiger charge is -2.15. The summed E-state index contributed by atoms with van der Waals surface area (Å²) in [5, 5.41) is 0. The van der Waals surface area contributed by atoms with Crippen molar-refractivity contribution in [2.45, 2.75) is 25.6 Å². The average Bonchev–Trinajstić information content (AvgIpc) is 2.99. The number of aliphatic imine (C=N–C) groups is 2. The summed E-state index contributed by atoms with van der Waals surface area (Å²) in [6.07, 6.45) is -2.20. The van der Waals surface area contributed by atoms with E-state index in [1.165, 1.54) is 12.1 Å². The van der Waals surface area contributed by atoms with Gasteiger partial charge in [0.2, 0.25) is 5.96 Å². The Morgan fingerprint density at radius 2 is 1.68 bits per heavy atom. The van der Waals surface area contributed by atoms with Crippen molar-refractivity contribution in [2.75, 3.05) is 13.1 Å². The van der Waals surface area contributed by atoms with Crippen LogP contribution in [0.3, 0.4) is 0 Å². The first-order valence-corrected chi connectivity index (χ1v) is 6.91. The Bertz CT molecular complexity index is 557. The van der Waals surface area contributed by atoms with Crippen molar-refractivity contribution in [1.29, 1.82) is 0 Å². The third kappa shape index (κ3) is 4.37. The molecule has 0 aromatic heterocycles. The molecule has 1 aromatic rings. The Morgan fingerprint density at radius 3 is 2.23 bits per heavy atom. The molecule has 0 amide bonds. The van der Waals surface area contributed by atoms with E-state index in [4.69, 9.17) is 11.5 Å². The van der Waals surface area contributed by atoms with Crippen molar-refractivity contribution in [3.63, 3.8) is 0 Å². The summed E-state index contributed by atoms with van der Waals surface area (Å²) in [5.74, 6) is 0.343. The van der Waals surface area contributed by atoms with Crippen molar-refractivity contribution < 1.29 is 13.2 Å². The zero-order valence-electron chi connectivity index (χ0n) is 12.0. The van der Waals surface area contributed by atoms with Crippen LogP contribution in [0.1, 0.15) is 24.0 Å². The summed E-state index contributed by atoms with van der Waals surface area (Å²) in [6.45, 7) is 1.85. The van der Waals surface area contributed by atoms with Crippen molar-refractivity contribution in [1.82, 2.24) is 4.90 Å². The van der Waals surface area contributed by atoms with E-state index in [0.717, 1.165) is 38.1 Å². The zero-order valence-corrected chi connectivity index (χ0v) is 12.0. The monoisotopic (exact) mass is 313 g/mol. The average molecular weight is 313 g/mol. The Morgan fingerprint density at radius 1 is 1.09 bits per heavy atom. The van der Waals surface area contributed by atoms with Crippen LogP contribution < -0.4 is 11.5 Å². The zero-order chi connectivity index (χ0) is 16.2. The Labute approximate surface area is 126 Å². The van der Waals surface area contributed by atoms with Crippen LogP contribution in [-0.4, -0.2) is 29.9 Å². The van der Waals surface area contributed by atoms with Gasteiger partial charge in [-0.3, -0.25) is 0 Å². The first-order valence-electron chi connectivity index (χ1n) is 6.91. The van der Waals surface area contributed by atoms with E-state index in [0.29, 0.717) is 11.5 Å². The molecule has 0 radical (unpaired) electrons. The molecule has 0 atom stereocenters. The maximum Gasteiger partial charge on any atom is 0.416 e. The van der Waals surface area contributed by atoms with Gasteiger partial charge in [0, 0.05) is 13.1 Å². The van der Waals surface area contributed by atoms with Crippen LogP contribution in [0.25, 0.3) is 0 Å². The van der Waals surface area contributed by atoms with Gasteiger partial charge in [-0.25, -0.2) is 4.99 Å². The molecule has 0 unspecified atom stereocenters. The molecular formula is C14H18F3N5. The van der Waals surface area contributed by atoms with Crippen molar-refractivity contribution >= 4 is 11.9 Å². The number of benzene rings is 1. The molecule has 1 fully saturated rings. The van der Waals surface area contributed by atoms with Crippen LogP contribution in [0.15, 0.2) is 34.3 Å². The quantitative estimate of drug-likeness (QED) is 0.647. The molecule has 1 aliphatic heterocycles. The maximum atomic E-state index is 12.4. The molecule has 120 valence electrons. The first-order chi connectivity index (χ1) is 10.4. The van der Waals surface area contributed by atoms with Gasteiger partial charge in [-0.1, -0.05) is 12.1 Å². The highest BCUT2D eigenvalue weighted by Crippen LogP contribution is 2.29. The number of guanidine groups is 2. The maximum absolute atomic E-state index is 12.4. The largest absolute Gasteiger partial charge is 0.416 e. The summed E-state index contributed by atoms with van der Waals surface area (Å²) >= 11 is 0. The van der Waals surface area contributed by atoms with Crippen molar-refractivity contribution in [3.05, 3.63) is 35.4 Å². The Balaban J connectivity index is 1.97. The molecule has 5 nitrogen and oxygen atoms in total. The minimum Gasteiger partial charge on any atom is -0.369 e. The van der Waals surface area contributed by atoms with Crippen LogP contribution in [0.4, 0.5) is 13.2 Å². The van der Waals surface area contributed by atoms with Gasteiger partial charge in [0.15, 0.2) is 5.96 Å². The lowest BCUT2D eigenvalue weighted by atomic mass is 10.1. The highest BCUT2D eigenvalue weighted by Gasteiger charge is 2.29. The lowest BCUT2D eigenvalue weighted by Crippen LogP contribution is -2.36. The molecule has 1 aromatic carbocycles. The topological polar surface area (TPSA) is 80.0 Å². The third-order valence-corrected chi connectivity index (χ3v) is 3.36. The molecular weight excluding hydrogens is 295 g/mol. The fraction of sp³-hybridized carbons (Fsp3) is 0.429. The highest BCUT2D eigenvalue weighted by molar-refractivity contribution is 5.93. The Kier molecular flexibility index (Phi) is 4.89. The fourth-order valence-electron chi connectivity index (χ4n) is 2.14. The number of alkyl halides is 3. The standard InChI is InChI=1S/C14H18F3N5/c15-14(16,17)11-5-3-10(4-6-11)9-20-12(18)21-13(19)22-7-1-2-8-22/h3-6H,1-2,7-9H2,(H4,18,19,20,21). The number of halogens is 3. The Hall–Kier alpha value is -2.25. The number of nitrogens with two attached hydrogens (primary N) is 2. The number of hydrogen-bond acceptors (Lipinski definition) is 1. The molecule has 0 spiro atoms. The number of nitrogens with zero attached hydrogens (tertiary/aromatic N) is 3. The van der Waals surface area contributed by atoms with E-state index >= 15 is 0 Å². The predicted molar refractivity (Wildman–Crippen MR) is 79.2 cm³/mol. The molecule has 1 aliphatic rings. The molecule has 1 heterocycles. The molecule has 1 saturated heterocycles. The molecule has 0 aliphatic carbocycles. The second-order valence-corrected chi connectivity index (χ2v) is 5.03. The van der Waals surface area contributed by atoms with Gasteiger partial charge in [-0.15, -0.1) is 0 Å². The number of rotatable bonds is 2. The van der Waals surface area contributed by atoms with Gasteiger partial charge in [0.25, 0.3) is 0 Å². The first kappa shape index (κ1) is 16.1. The van der Waals surface area contributed by atoms with Gasteiger partial charge in [-0.05, 0) is 30.5 Å². The fourth-order valence-corrected chi connectivity index (χ4v) is 2.14. The van der Waals surface area contributed by atoms with Gasteiger partial charge in [0.1, 0.15) is 0 Å². The highest BCUT2D eigenvalue weighted by atomic mass is 19.4. The van der Waals surface area contributed by atoms with Crippen LogP contribution in [0.2, 0.25) is 0 Å². The molecule has 4 N–H and O–H groups in total. The van der Waals surface area contributed by atoms with Crippen molar-refractivity contribution in [2.24, 2.45) is 21.5 Å². The number of hydrogen-bond donors (Lipinski definition) is 2. The van der Waals surface area contributed by atoms with Crippen LogP contribution >= 0.6 is 0 Å².